The van der Waals surface area contributed by atoms with Gasteiger partial charge in [-0.2, -0.15) is 12.6 Å². The minimum atomic E-state index is -1.55. The number of aliphatic hydroxyl groups is 1. The molecular weight excluding hydrogens is 460 g/mol. The van der Waals surface area contributed by atoms with Gasteiger partial charge in [0.2, 0.25) is 17.7 Å². The summed E-state index contributed by atoms with van der Waals surface area (Å²) in [5.74, 6) is -5.84. The molecule has 1 aromatic rings. The van der Waals surface area contributed by atoms with Crippen molar-refractivity contribution < 1.29 is 44.4 Å². The Morgan fingerprint density at radius 2 is 1.39 bits per heavy atom. The summed E-state index contributed by atoms with van der Waals surface area (Å²) in [6.45, 7) is -0.880. The van der Waals surface area contributed by atoms with Gasteiger partial charge in [-0.1, -0.05) is 12.1 Å². The molecule has 0 fully saturated rings. The van der Waals surface area contributed by atoms with Crippen LogP contribution >= 0.6 is 12.6 Å². The van der Waals surface area contributed by atoms with Crippen LogP contribution in [-0.2, 0) is 30.4 Å². The normalized spacial score (nSPS) is 14.3. The number of rotatable bonds is 13. The predicted molar refractivity (Wildman–Crippen MR) is 116 cm³/mol. The zero-order valence-corrected chi connectivity index (χ0v) is 18.2. The van der Waals surface area contributed by atoms with Crippen LogP contribution in [0.4, 0.5) is 0 Å². The molecule has 182 valence electrons. The molecule has 0 heterocycles. The number of carbonyl (C=O) groups excluding carboxylic acids is 3. The highest BCUT2D eigenvalue weighted by Crippen LogP contribution is 2.12. The maximum absolute atomic E-state index is 12.8. The minimum absolute atomic E-state index is 0.0403. The van der Waals surface area contributed by atoms with E-state index < -0.39 is 66.9 Å². The fourth-order valence-corrected chi connectivity index (χ4v) is 2.81. The molecule has 0 spiro atoms. The highest BCUT2D eigenvalue weighted by atomic mass is 32.1. The zero-order valence-electron chi connectivity index (χ0n) is 17.3. The van der Waals surface area contributed by atoms with E-state index in [0.717, 1.165) is 0 Å². The van der Waals surface area contributed by atoms with Crippen LogP contribution in [0, 0.1) is 0 Å². The molecule has 0 aliphatic carbocycles. The Hall–Kier alpha value is -3.36. The van der Waals surface area contributed by atoms with Gasteiger partial charge >= 0.3 is 11.9 Å². The van der Waals surface area contributed by atoms with Crippen molar-refractivity contribution in [1.82, 2.24) is 16.0 Å². The van der Waals surface area contributed by atoms with Crippen molar-refractivity contribution in [2.45, 2.75) is 37.0 Å². The number of nitrogens with two attached hydrogens (primary N) is 1. The number of aromatic hydroxyl groups is 1. The van der Waals surface area contributed by atoms with Crippen LogP contribution in [0.2, 0.25) is 0 Å². The van der Waals surface area contributed by atoms with Gasteiger partial charge in [-0.3, -0.25) is 19.2 Å². The van der Waals surface area contributed by atoms with E-state index in [1.54, 1.807) is 0 Å². The molecule has 0 aliphatic rings. The van der Waals surface area contributed by atoms with Crippen molar-refractivity contribution in [2.75, 3.05) is 12.4 Å². The standard InChI is InChI=1S/C19H26N4O9S/c20-11(6-15(26)27)16(28)21-12(5-9-1-3-10(25)4-2-9)17(29)22-13(7-24)18(30)23-14(8-33)19(31)32/h1-4,11-14,24-25,33H,5-8,20H2,(H,21,28)(H,22,29)(H,23,30)(H,26,27)(H,31,32). The first-order valence-corrected chi connectivity index (χ1v) is 10.2. The molecule has 33 heavy (non-hydrogen) atoms. The van der Waals surface area contributed by atoms with Crippen LogP contribution in [0.25, 0.3) is 0 Å². The minimum Gasteiger partial charge on any atom is -0.508 e. The topological polar surface area (TPSA) is 228 Å². The number of benzene rings is 1. The summed E-state index contributed by atoms with van der Waals surface area (Å²) in [5, 5.41) is 43.3. The van der Waals surface area contributed by atoms with Crippen LogP contribution in [0.3, 0.4) is 0 Å². The maximum Gasteiger partial charge on any atom is 0.327 e. The lowest BCUT2D eigenvalue weighted by Gasteiger charge is -2.24. The molecule has 0 saturated carbocycles. The van der Waals surface area contributed by atoms with Crippen molar-refractivity contribution in [1.29, 1.82) is 0 Å². The molecule has 4 unspecified atom stereocenters. The number of carboxylic acids is 2. The fraction of sp³-hybridized carbons (Fsp3) is 0.421. The molecule has 0 radical (unpaired) electrons. The van der Waals surface area contributed by atoms with E-state index in [0.29, 0.717) is 5.56 Å². The third kappa shape index (κ3) is 9.34. The van der Waals surface area contributed by atoms with Gasteiger partial charge < -0.3 is 42.1 Å². The fourth-order valence-electron chi connectivity index (χ4n) is 2.56. The van der Waals surface area contributed by atoms with E-state index in [-0.39, 0.29) is 17.9 Å². The van der Waals surface area contributed by atoms with E-state index in [2.05, 4.69) is 28.6 Å². The van der Waals surface area contributed by atoms with Gasteiger partial charge in [0.05, 0.1) is 19.1 Å². The number of hydrogen-bond acceptors (Lipinski definition) is 9. The Morgan fingerprint density at radius 3 is 1.88 bits per heavy atom. The monoisotopic (exact) mass is 486 g/mol. The summed E-state index contributed by atoms with van der Waals surface area (Å²) >= 11 is 3.81. The van der Waals surface area contributed by atoms with Gasteiger partial charge in [0.15, 0.2) is 0 Å². The molecule has 0 aromatic heterocycles. The first-order chi connectivity index (χ1) is 15.5. The molecule has 0 bridgehead atoms. The molecule has 1 rings (SSSR count). The molecule has 0 saturated heterocycles. The number of carboxylic acid groups (broad SMARTS) is 2. The second kappa shape index (κ2) is 13.2. The van der Waals surface area contributed by atoms with Crippen molar-refractivity contribution in [3.05, 3.63) is 29.8 Å². The first-order valence-electron chi connectivity index (χ1n) is 9.59. The predicted octanol–water partition coefficient (Wildman–Crippen LogP) is -2.80. The third-order valence-corrected chi connectivity index (χ3v) is 4.72. The van der Waals surface area contributed by atoms with E-state index in [1.807, 2.05) is 0 Å². The van der Waals surface area contributed by atoms with Gasteiger partial charge in [0.1, 0.15) is 23.9 Å². The summed E-state index contributed by atoms with van der Waals surface area (Å²) in [5.41, 5.74) is 6.02. The number of thiol groups is 1. The Balaban J connectivity index is 3.01. The van der Waals surface area contributed by atoms with Crippen LogP contribution in [0.1, 0.15) is 12.0 Å². The van der Waals surface area contributed by atoms with E-state index in [1.165, 1.54) is 24.3 Å². The Morgan fingerprint density at radius 1 is 0.879 bits per heavy atom. The maximum atomic E-state index is 12.8. The Kier molecular flexibility index (Phi) is 11.1. The number of amides is 3. The van der Waals surface area contributed by atoms with Gasteiger partial charge in [0, 0.05) is 12.2 Å². The number of aliphatic carboxylic acids is 2. The number of phenols is 1. The zero-order chi connectivity index (χ0) is 25.1. The Bertz CT molecular complexity index is 865. The molecular formula is C19H26N4O9S. The number of carbonyl (C=O) groups is 5. The molecule has 0 aliphatic heterocycles. The average Bonchev–Trinajstić information content (AvgIpc) is 2.75. The molecule has 14 heteroatoms. The van der Waals surface area contributed by atoms with E-state index in [4.69, 9.17) is 15.9 Å². The second-order valence-corrected chi connectivity index (χ2v) is 7.33. The van der Waals surface area contributed by atoms with E-state index >= 15 is 0 Å². The number of phenolic OH excluding ortho intramolecular Hbond substituents is 1. The average molecular weight is 487 g/mol. The highest BCUT2D eigenvalue weighted by molar-refractivity contribution is 7.80. The van der Waals surface area contributed by atoms with Crippen LogP contribution < -0.4 is 21.7 Å². The largest absolute Gasteiger partial charge is 0.508 e. The SMILES string of the molecule is NC(CC(=O)O)C(=O)NC(Cc1ccc(O)cc1)C(=O)NC(CO)C(=O)NC(CS)C(=O)O. The molecule has 4 atom stereocenters. The summed E-state index contributed by atoms with van der Waals surface area (Å²) in [4.78, 5) is 59.2. The molecule has 1 aromatic carbocycles. The van der Waals surface area contributed by atoms with Crippen LogP contribution in [-0.4, -0.2) is 86.6 Å². The van der Waals surface area contributed by atoms with Gasteiger partial charge in [-0.25, -0.2) is 4.79 Å². The quantitative estimate of drug-likeness (QED) is 0.130. The lowest BCUT2D eigenvalue weighted by Crippen LogP contribution is -2.58. The smallest absolute Gasteiger partial charge is 0.327 e. The molecule has 13 nitrogen and oxygen atoms in total. The van der Waals surface area contributed by atoms with Crippen molar-refractivity contribution in [3.63, 3.8) is 0 Å². The summed E-state index contributed by atoms with van der Waals surface area (Å²) in [6, 6.07) is -0.0888. The lowest BCUT2D eigenvalue weighted by molar-refractivity contribution is -0.141. The molecule has 3 amide bonds. The highest BCUT2D eigenvalue weighted by Gasteiger charge is 2.30. The summed E-state index contributed by atoms with van der Waals surface area (Å²) in [7, 11) is 0. The van der Waals surface area contributed by atoms with Gasteiger partial charge in [-0.05, 0) is 17.7 Å². The first kappa shape index (κ1) is 27.7. The number of aliphatic hydroxyl groups excluding tert-OH is 1. The van der Waals surface area contributed by atoms with Gasteiger partial charge in [0.25, 0.3) is 0 Å². The number of hydrogen-bond donors (Lipinski definition) is 9. The summed E-state index contributed by atoms with van der Waals surface area (Å²) < 4.78 is 0. The van der Waals surface area contributed by atoms with Crippen LogP contribution in [0.15, 0.2) is 24.3 Å². The third-order valence-electron chi connectivity index (χ3n) is 4.35. The molecule has 9 N–H and O–H groups in total. The van der Waals surface area contributed by atoms with Gasteiger partial charge in [-0.15, -0.1) is 0 Å². The lowest BCUT2D eigenvalue weighted by atomic mass is 10.0. The summed E-state index contributed by atoms with van der Waals surface area (Å²) in [6.07, 6.45) is -0.826. The Labute approximate surface area is 193 Å². The van der Waals surface area contributed by atoms with Crippen molar-refractivity contribution in [2.24, 2.45) is 5.73 Å². The van der Waals surface area contributed by atoms with Crippen molar-refractivity contribution in [3.8, 4) is 5.75 Å². The van der Waals surface area contributed by atoms with Crippen LogP contribution in [0.5, 0.6) is 5.75 Å². The number of nitrogens with one attached hydrogen (secondary N) is 3. The van der Waals surface area contributed by atoms with E-state index in [9.17, 15) is 34.2 Å². The second-order valence-electron chi connectivity index (χ2n) is 6.96. The van der Waals surface area contributed by atoms with Crippen molar-refractivity contribution >= 4 is 42.3 Å².